The number of aliphatic carboxylic acids is 1. The Morgan fingerprint density at radius 1 is 1.62 bits per heavy atom. The minimum Gasteiger partial charge on any atom is -0.479 e. The molecule has 0 aliphatic heterocycles. The van der Waals surface area contributed by atoms with Crippen LogP contribution < -0.4 is 0 Å². The first kappa shape index (κ1) is 12.7. The first-order valence-corrected chi connectivity index (χ1v) is 5.41. The van der Waals surface area contributed by atoms with Gasteiger partial charge in [0.15, 0.2) is 6.10 Å². The second-order valence-electron chi connectivity index (χ2n) is 3.87. The highest BCUT2D eigenvalue weighted by atomic mass is 16.5. The SMILES string of the molecule is CCOC(Cn1ccnc1C(C)C)C(=O)O. The average Bonchev–Trinajstić information content (AvgIpc) is 2.65. The van der Waals surface area contributed by atoms with E-state index in [0.717, 1.165) is 5.82 Å². The molecule has 0 saturated carbocycles. The standard InChI is InChI=1S/C11H18N2O3/c1-4-16-9(11(14)15)7-13-6-5-12-10(13)8(2)3/h5-6,8-9H,4,7H2,1-3H3,(H,14,15). The van der Waals surface area contributed by atoms with Gasteiger partial charge in [-0.3, -0.25) is 0 Å². The van der Waals surface area contributed by atoms with E-state index in [-0.39, 0.29) is 5.92 Å². The number of carboxylic acids is 1. The average molecular weight is 226 g/mol. The van der Waals surface area contributed by atoms with Crippen molar-refractivity contribution in [3.05, 3.63) is 18.2 Å². The van der Waals surface area contributed by atoms with Crippen LogP contribution in [-0.2, 0) is 16.1 Å². The lowest BCUT2D eigenvalue weighted by Gasteiger charge is -2.16. The highest BCUT2D eigenvalue weighted by Crippen LogP contribution is 2.12. The summed E-state index contributed by atoms with van der Waals surface area (Å²) in [5.74, 6) is 0.210. The smallest absolute Gasteiger partial charge is 0.334 e. The first-order valence-electron chi connectivity index (χ1n) is 5.41. The van der Waals surface area contributed by atoms with Crippen LogP contribution in [0.1, 0.15) is 32.5 Å². The maximum Gasteiger partial charge on any atom is 0.334 e. The molecule has 0 radical (unpaired) electrons. The summed E-state index contributed by atoms with van der Waals surface area (Å²) < 4.78 is 7.00. The number of carboxylic acid groups (broad SMARTS) is 1. The van der Waals surface area contributed by atoms with Crippen molar-refractivity contribution >= 4 is 5.97 Å². The fourth-order valence-electron chi connectivity index (χ4n) is 1.56. The van der Waals surface area contributed by atoms with Gasteiger partial charge in [0.05, 0.1) is 6.54 Å². The second kappa shape index (κ2) is 5.65. The molecule has 90 valence electrons. The maximum absolute atomic E-state index is 10.9. The Labute approximate surface area is 95.1 Å². The van der Waals surface area contributed by atoms with Gasteiger partial charge in [0.25, 0.3) is 0 Å². The van der Waals surface area contributed by atoms with E-state index in [0.29, 0.717) is 13.2 Å². The summed E-state index contributed by atoms with van der Waals surface area (Å²) in [6.45, 7) is 6.52. The summed E-state index contributed by atoms with van der Waals surface area (Å²) in [5, 5.41) is 8.97. The maximum atomic E-state index is 10.9. The van der Waals surface area contributed by atoms with E-state index < -0.39 is 12.1 Å². The van der Waals surface area contributed by atoms with Gasteiger partial charge < -0.3 is 14.4 Å². The van der Waals surface area contributed by atoms with Crippen LogP contribution in [0, 0.1) is 0 Å². The Morgan fingerprint density at radius 2 is 2.31 bits per heavy atom. The molecule has 5 heteroatoms. The number of carbonyl (C=O) groups is 1. The number of ether oxygens (including phenoxy) is 1. The normalized spacial score (nSPS) is 13.0. The molecule has 0 saturated heterocycles. The molecule has 1 N–H and O–H groups in total. The van der Waals surface area contributed by atoms with Crippen LogP contribution >= 0.6 is 0 Å². The minimum atomic E-state index is -0.940. The lowest BCUT2D eigenvalue weighted by molar-refractivity contribution is -0.151. The third-order valence-corrected chi connectivity index (χ3v) is 2.27. The topological polar surface area (TPSA) is 64.4 Å². The van der Waals surface area contributed by atoms with Crippen molar-refractivity contribution in [3.63, 3.8) is 0 Å². The fraction of sp³-hybridized carbons (Fsp3) is 0.636. The molecular weight excluding hydrogens is 208 g/mol. The van der Waals surface area contributed by atoms with Crippen LogP contribution in [0.3, 0.4) is 0 Å². The monoisotopic (exact) mass is 226 g/mol. The van der Waals surface area contributed by atoms with Gasteiger partial charge in [-0.1, -0.05) is 13.8 Å². The number of nitrogens with zero attached hydrogens (tertiary/aromatic N) is 2. The van der Waals surface area contributed by atoms with E-state index in [2.05, 4.69) is 4.98 Å². The largest absolute Gasteiger partial charge is 0.479 e. The van der Waals surface area contributed by atoms with E-state index in [9.17, 15) is 4.79 Å². The van der Waals surface area contributed by atoms with Crippen molar-refractivity contribution in [3.8, 4) is 0 Å². The summed E-state index contributed by atoms with van der Waals surface area (Å²) in [7, 11) is 0. The van der Waals surface area contributed by atoms with Gasteiger partial charge in [-0.2, -0.15) is 0 Å². The van der Waals surface area contributed by atoms with Crippen LogP contribution in [0.2, 0.25) is 0 Å². The Kier molecular flexibility index (Phi) is 4.49. The molecule has 0 amide bonds. The predicted molar refractivity (Wildman–Crippen MR) is 59.4 cm³/mol. The number of hydrogen-bond acceptors (Lipinski definition) is 3. The van der Waals surface area contributed by atoms with E-state index in [1.807, 2.05) is 18.4 Å². The Bertz CT molecular complexity index is 347. The Morgan fingerprint density at radius 3 is 2.81 bits per heavy atom. The number of aromatic nitrogens is 2. The Balaban J connectivity index is 2.77. The number of imidazole rings is 1. The van der Waals surface area contributed by atoms with Gasteiger partial charge in [0.1, 0.15) is 5.82 Å². The zero-order chi connectivity index (χ0) is 12.1. The molecule has 5 nitrogen and oxygen atoms in total. The molecule has 1 heterocycles. The van der Waals surface area contributed by atoms with Gasteiger partial charge in [-0.15, -0.1) is 0 Å². The van der Waals surface area contributed by atoms with Crippen molar-refractivity contribution in [2.45, 2.75) is 39.3 Å². The summed E-state index contributed by atoms with van der Waals surface area (Å²) in [6.07, 6.45) is 2.65. The zero-order valence-electron chi connectivity index (χ0n) is 9.88. The fourth-order valence-corrected chi connectivity index (χ4v) is 1.56. The highest BCUT2D eigenvalue weighted by Gasteiger charge is 2.19. The van der Waals surface area contributed by atoms with E-state index >= 15 is 0 Å². The first-order chi connectivity index (χ1) is 7.56. The highest BCUT2D eigenvalue weighted by molar-refractivity contribution is 5.72. The van der Waals surface area contributed by atoms with Crippen molar-refractivity contribution in [1.29, 1.82) is 0 Å². The van der Waals surface area contributed by atoms with E-state index in [1.54, 1.807) is 19.3 Å². The van der Waals surface area contributed by atoms with Gasteiger partial charge in [-0.05, 0) is 6.92 Å². The lowest BCUT2D eigenvalue weighted by Crippen LogP contribution is -2.29. The summed E-state index contributed by atoms with van der Waals surface area (Å²) in [6, 6.07) is 0. The van der Waals surface area contributed by atoms with Gasteiger partial charge in [0.2, 0.25) is 0 Å². The zero-order valence-corrected chi connectivity index (χ0v) is 9.88. The molecule has 1 rings (SSSR count). The molecule has 0 fully saturated rings. The molecule has 1 atom stereocenters. The molecule has 0 aromatic carbocycles. The molecule has 0 aliphatic carbocycles. The van der Waals surface area contributed by atoms with Crippen LogP contribution in [0.5, 0.6) is 0 Å². The van der Waals surface area contributed by atoms with Crippen LogP contribution in [0.4, 0.5) is 0 Å². The lowest BCUT2D eigenvalue weighted by atomic mass is 10.2. The minimum absolute atomic E-state index is 0.270. The van der Waals surface area contributed by atoms with E-state index in [1.165, 1.54) is 0 Å². The van der Waals surface area contributed by atoms with Crippen molar-refractivity contribution in [2.24, 2.45) is 0 Å². The third kappa shape index (κ3) is 3.06. The van der Waals surface area contributed by atoms with E-state index in [4.69, 9.17) is 9.84 Å². The van der Waals surface area contributed by atoms with Crippen molar-refractivity contribution in [1.82, 2.24) is 9.55 Å². The van der Waals surface area contributed by atoms with Gasteiger partial charge >= 0.3 is 5.97 Å². The molecule has 0 spiro atoms. The van der Waals surface area contributed by atoms with Crippen LogP contribution in [0.25, 0.3) is 0 Å². The second-order valence-corrected chi connectivity index (χ2v) is 3.87. The van der Waals surface area contributed by atoms with Crippen LogP contribution in [-0.4, -0.2) is 33.3 Å². The Hall–Kier alpha value is -1.36. The number of hydrogen-bond donors (Lipinski definition) is 1. The molecule has 1 aromatic rings. The molecule has 16 heavy (non-hydrogen) atoms. The summed E-state index contributed by atoms with van der Waals surface area (Å²) in [4.78, 5) is 15.1. The molecule has 1 aromatic heterocycles. The third-order valence-electron chi connectivity index (χ3n) is 2.27. The number of rotatable bonds is 6. The quantitative estimate of drug-likeness (QED) is 0.798. The summed E-state index contributed by atoms with van der Waals surface area (Å²) in [5.41, 5.74) is 0. The van der Waals surface area contributed by atoms with Gasteiger partial charge in [-0.25, -0.2) is 9.78 Å². The van der Waals surface area contributed by atoms with Gasteiger partial charge in [0, 0.05) is 24.9 Å². The van der Waals surface area contributed by atoms with Crippen molar-refractivity contribution in [2.75, 3.05) is 6.61 Å². The summed E-state index contributed by atoms with van der Waals surface area (Å²) >= 11 is 0. The molecule has 0 bridgehead atoms. The molecular formula is C11H18N2O3. The van der Waals surface area contributed by atoms with Crippen molar-refractivity contribution < 1.29 is 14.6 Å². The predicted octanol–water partition coefficient (Wildman–Crippen LogP) is 1.50. The molecule has 1 unspecified atom stereocenters. The molecule has 0 aliphatic rings. The van der Waals surface area contributed by atoms with Crippen LogP contribution in [0.15, 0.2) is 12.4 Å².